The van der Waals surface area contributed by atoms with Crippen molar-refractivity contribution in [3.05, 3.63) is 29.3 Å². The van der Waals surface area contributed by atoms with E-state index in [-0.39, 0.29) is 0 Å². The van der Waals surface area contributed by atoms with E-state index in [0.717, 1.165) is 49.8 Å². The topological polar surface area (TPSA) is 30.5 Å². The van der Waals surface area contributed by atoms with Gasteiger partial charge < -0.3 is 14.8 Å². The van der Waals surface area contributed by atoms with Crippen LogP contribution < -0.4 is 10.1 Å². The van der Waals surface area contributed by atoms with E-state index in [2.05, 4.69) is 38.2 Å². The summed E-state index contributed by atoms with van der Waals surface area (Å²) in [6, 6.07) is 6.34. The van der Waals surface area contributed by atoms with Gasteiger partial charge in [-0.1, -0.05) is 26.8 Å². The number of rotatable bonds is 11. The van der Waals surface area contributed by atoms with Crippen LogP contribution in [0.25, 0.3) is 0 Å². The largest absolute Gasteiger partial charge is 0.496 e. The van der Waals surface area contributed by atoms with Crippen LogP contribution in [0.1, 0.15) is 51.2 Å². The number of methoxy groups -OCH3 is 1. The highest BCUT2D eigenvalue weighted by Gasteiger charge is 2.05. The van der Waals surface area contributed by atoms with Crippen molar-refractivity contribution in [2.75, 3.05) is 20.3 Å². The van der Waals surface area contributed by atoms with E-state index in [1.54, 1.807) is 7.11 Å². The van der Waals surface area contributed by atoms with E-state index in [1.807, 2.05) is 6.07 Å². The van der Waals surface area contributed by atoms with Crippen molar-refractivity contribution in [2.45, 2.75) is 53.2 Å². The van der Waals surface area contributed by atoms with Crippen molar-refractivity contribution in [1.82, 2.24) is 5.32 Å². The van der Waals surface area contributed by atoms with Gasteiger partial charge in [0.25, 0.3) is 0 Å². The summed E-state index contributed by atoms with van der Waals surface area (Å²) in [5, 5.41) is 3.42. The standard InChI is InChI=1S/C18H31NO2/c1-5-10-19-13-16-8-9-18(20-4)17(12-16)14-21-11-6-7-15(2)3/h8-9,12,15,19H,5-7,10-11,13-14H2,1-4H3. The Morgan fingerprint density at radius 3 is 2.71 bits per heavy atom. The van der Waals surface area contributed by atoms with Crippen LogP contribution in [0.2, 0.25) is 0 Å². The molecule has 0 aliphatic heterocycles. The van der Waals surface area contributed by atoms with Crippen molar-refractivity contribution in [3.63, 3.8) is 0 Å². The highest BCUT2D eigenvalue weighted by molar-refractivity contribution is 5.36. The lowest BCUT2D eigenvalue weighted by molar-refractivity contribution is 0.113. The van der Waals surface area contributed by atoms with Gasteiger partial charge in [-0.2, -0.15) is 0 Å². The van der Waals surface area contributed by atoms with Gasteiger partial charge in [-0.25, -0.2) is 0 Å². The molecule has 21 heavy (non-hydrogen) atoms. The van der Waals surface area contributed by atoms with Crippen molar-refractivity contribution in [3.8, 4) is 5.75 Å². The second-order valence-corrected chi connectivity index (χ2v) is 5.91. The second-order valence-electron chi connectivity index (χ2n) is 5.91. The van der Waals surface area contributed by atoms with Gasteiger partial charge in [0.15, 0.2) is 0 Å². The monoisotopic (exact) mass is 293 g/mol. The summed E-state index contributed by atoms with van der Waals surface area (Å²) in [6.45, 7) is 10.1. The van der Waals surface area contributed by atoms with Crippen LogP contribution in [0.5, 0.6) is 5.75 Å². The summed E-state index contributed by atoms with van der Waals surface area (Å²) >= 11 is 0. The Hall–Kier alpha value is -1.06. The van der Waals surface area contributed by atoms with E-state index in [1.165, 1.54) is 12.0 Å². The summed E-state index contributed by atoms with van der Waals surface area (Å²) in [5.74, 6) is 1.66. The molecule has 0 fully saturated rings. The van der Waals surface area contributed by atoms with Gasteiger partial charge in [0, 0.05) is 18.7 Å². The molecule has 0 heterocycles. The SMILES string of the molecule is CCCNCc1ccc(OC)c(COCCCC(C)C)c1. The molecule has 0 aromatic heterocycles. The highest BCUT2D eigenvalue weighted by Crippen LogP contribution is 2.21. The first kappa shape index (κ1) is 18.0. The van der Waals surface area contributed by atoms with E-state index < -0.39 is 0 Å². The van der Waals surface area contributed by atoms with E-state index in [9.17, 15) is 0 Å². The average Bonchev–Trinajstić information content (AvgIpc) is 2.47. The lowest BCUT2D eigenvalue weighted by Crippen LogP contribution is -2.14. The van der Waals surface area contributed by atoms with E-state index in [0.29, 0.717) is 6.61 Å². The normalized spacial score (nSPS) is 11.1. The number of benzene rings is 1. The molecule has 1 aromatic carbocycles. The van der Waals surface area contributed by atoms with Crippen LogP contribution in [0.4, 0.5) is 0 Å². The minimum Gasteiger partial charge on any atom is -0.496 e. The van der Waals surface area contributed by atoms with Crippen LogP contribution in [-0.2, 0) is 17.9 Å². The molecule has 1 rings (SSSR count). The van der Waals surface area contributed by atoms with Crippen molar-refractivity contribution in [2.24, 2.45) is 5.92 Å². The van der Waals surface area contributed by atoms with Gasteiger partial charge in [0.2, 0.25) is 0 Å². The Labute approximate surface area is 130 Å². The highest BCUT2D eigenvalue weighted by atomic mass is 16.5. The number of ether oxygens (including phenoxy) is 2. The second kappa shape index (κ2) is 10.6. The molecule has 0 aliphatic carbocycles. The van der Waals surface area contributed by atoms with Crippen LogP contribution in [0, 0.1) is 5.92 Å². The molecule has 0 aliphatic rings. The van der Waals surface area contributed by atoms with Gasteiger partial charge in [-0.3, -0.25) is 0 Å². The molecule has 120 valence electrons. The molecule has 1 N–H and O–H groups in total. The Kier molecular flexibility index (Phi) is 9.11. The molecule has 0 radical (unpaired) electrons. The van der Waals surface area contributed by atoms with Gasteiger partial charge >= 0.3 is 0 Å². The predicted molar refractivity (Wildman–Crippen MR) is 88.7 cm³/mol. The molecule has 0 atom stereocenters. The fraction of sp³-hybridized carbons (Fsp3) is 0.667. The van der Waals surface area contributed by atoms with E-state index in [4.69, 9.17) is 9.47 Å². The fourth-order valence-corrected chi connectivity index (χ4v) is 2.24. The van der Waals surface area contributed by atoms with Crippen LogP contribution in [0.15, 0.2) is 18.2 Å². The van der Waals surface area contributed by atoms with Gasteiger partial charge in [0.05, 0.1) is 13.7 Å². The Morgan fingerprint density at radius 1 is 1.24 bits per heavy atom. The molecule has 0 spiro atoms. The molecule has 3 nitrogen and oxygen atoms in total. The van der Waals surface area contributed by atoms with E-state index >= 15 is 0 Å². The van der Waals surface area contributed by atoms with Crippen molar-refractivity contribution in [1.29, 1.82) is 0 Å². The summed E-state index contributed by atoms with van der Waals surface area (Å²) in [6.07, 6.45) is 3.50. The number of hydrogen-bond acceptors (Lipinski definition) is 3. The van der Waals surface area contributed by atoms with Crippen molar-refractivity contribution < 1.29 is 9.47 Å². The Balaban J connectivity index is 2.47. The molecule has 1 aromatic rings. The average molecular weight is 293 g/mol. The zero-order valence-electron chi connectivity index (χ0n) is 14.1. The minimum absolute atomic E-state index is 0.628. The first-order chi connectivity index (χ1) is 10.2. The maximum absolute atomic E-state index is 5.79. The molecule has 0 unspecified atom stereocenters. The Morgan fingerprint density at radius 2 is 2.05 bits per heavy atom. The molecule has 0 saturated carbocycles. The Bertz CT molecular complexity index is 391. The molecule has 0 amide bonds. The molecule has 3 heteroatoms. The van der Waals surface area contributed by atoms with Crippen molar-refractivity contribution >= 4 is 0 Å². The van der Waals surface area contributed by atoms with Crippen LogP contribution >= 0.6 is 0 Å². The third-order valence-electron chi connectivity index (χ3n) is 3.43. The zero-order valence-corrected chi connectivity index (χ0v) is 14.1. The molecule has 0 bridgehead atoms. The molecular formula is C18H31NO2. The minimum atomic E-state index is 0.628. The fourth-order valence-electron chi connectivity index (χ4n) is 2.24. The summed E-state index contributed by atoms with van der Waals surface area (Å²) in [7, 11) is 1.71. The maximum Gasteiger partial charge on any atom is 0.124 e. The third-order valence-corrected chi connectivity index (χ3v) is 3.43. The third kappa shape index (κ3) is 7.49. The predicted octanol–water partition coefficient (Wildman–Crippen LogP) is 4.15. The maximum atomic E-state index is 5.79. The smallest absolute Gasteiger partial charge is 0.124 e. The lowest BCUT2D eigenvalue weighted by atomic mass is 10.1. The summed E-state index contributed by atoms with van der Waals surface area (Å²) < 4.78 is 11.2. The lowest BCUT2D eigenvalue weighted by Gasteiger charge is -2.12. The quantitative estimate of drug-likeness (QED) is 0.622. The van der Waals surface area contributed by atoms with Gasteiger partial charge in [-0.15, -0.1) is 0 Å². The number of nitrogens with one attached hydrogen (secondary N) is 1. The first-order valence-corrected chi connectivity index (χ1v) is 8.11. The number of hydrogen-bond donors (Lipinski definition) is 1. The molecule has 0 saturated heterocycles. The summed E-state index contributed by atoms with van der Waals surface area (Å²) in [4.78, 5) is 0. The molecular weight excluding hydrogens is 262 g/mol. The zero-order chi connectivity index (χ0) is 15.5. The van der Waals surface area contributed by atoms with Crippen LogP contribution in [-0.4, -0.2) is 20.3 Å². The van der Waals surface area contributed by atoms with Gasteiger partial charge in [-0.05, 0) is 49.4 Å². The summed E-state index contributed by atoms with van der Waals surface area (Å²) in [5.41, 5.74) is 2.42. The van der Waals surface area contributed by atoms with Crippen LogP contribution in [0.3, 0.4) is 0 Å². The first-order valence-electron chi connectivity index (χ1n) is 8.11. The van der Waals surface area contributed by atoms with Gasteiger partial charge in [0.1, 0.15) is 5.75 Å².